The zero-order valence-corrected chi connectivity index (χ0v) is 7.79. The summed E-state index contributed by atoms with van der Waals surface area (Å²) in [6.45, 7) is 0.407. The van der Waals surface area contributed by atoms with Crippen LogP contribution in [0.3, 0.4) is 0 Å². The molecule has 1 aromatic carbocycles. The SMILES string of the molecule is NCCC(=O)c1ccc2[nH]ccc2c1. The van der Waals surface area contributed by atoms with E-state index in [9.17, 15) is 4.79 Å². The minimum Gasteiger partial charge on any atom is -0.361 e. The molecule has 0 fully saturated rings. The standard InChI is InChI=1S/C11H12N2O/c12-5-3-11(14)9-1-2-10-8(7-9)4-6-13-10/h1-2,4,6-7,13H,3,5,12H2. The van der Waals surface area contributed by atoms with Gasteiger partial charge < -0.3 is 10.7 Å². The average Bonchev–Trinajstić information content (AvgIpc) is 2.64. The van der Waals surface area contributed by atoms with Crippen LogP contribution >= 0.6 is 0 Å². The van der Waals surface area contributed by atoms with Crippen molar-refractivity contribution in [3.05, 3.63) is 36.0 Å². The van der Waals surface area contributed by atoms with Crippen molar-refractivity contribution in [1.29, 1.82) is 0 Å². The lowest BCUT2D eigenvalue weighted by Crippen LogP contribution is -2.07. The van der Waals surface area contributed by atoms with Crippen molar-refractivity contribution >= 4 is 16.7 Å². The summed E-state index contributed by atoms with van der Waals surface area (Å²) in [5, 5.41) is 1.06. The molecule has 14 heavy (non-hydrogen) atoms. The molecule has 3 nitrogen and oxygen atoms in total. The van der Waals surface area contributed by atoms with Crippen molar-refractivity contribution in [2.24, 2.45) is 5.73 Å². The van der Waals surface area contributed by atoms with E-state index in [2.05, 4.69) is 4.98 Å². The van der Waals surface area contributed by atoms with E-state index in [4.69, 9.17) is 5.73 Å². The van der Waals surface area contributed by atoms with Crippen LogP contribution in [0.4, 0.5) is 0 Å². The first-order chi connectivity index (χ1) is 6.81. The molecule has 3 heteroatoms. The molecule has 72 valence electrons. The summed E-state index contributed by atoms with van der Waals surface area (Å²) >= 11 is 0. The van der Waals surface area contributed by atoms with Gasteiger partial charge in [0, 0.05) is 29.1 Å². The molecule has 0 saturated carbocycles. The third-order valence-corrected chi connectivity index (χ3v) is 2.25. The number of H-pyrrole nitrogens is 1. The van der Waals surface area contributed by atoms with Crippen molar-refractivity contribution in [2.45, 2.75) is 6.42 Å². The molecule has 0 radical (unpaired) electrons. The zero-order valence-electron chi connectivity index (χ0n) is 7.79. The second kappa shape index (κ2) is 3.64. The maximum Gasteiger partial charge on any atom is 0.164 e. The minimum atomic E-state index is 0.107. The van der Waals surface area contributed by atoms with Crippen LogP contribution in [0.1, 0.15) is 16.8 Å². The summed E-state index contributed by atoms with van der Waals surface area (Å²) in [5.74, 6) is 0.107. The molecule has 0 bridgehead atoms. The summed E-state index contributed by atoms with van der Waals surface area (Å²) < 4.78 is 0. The highest BCUT2D eigenvalue weighted by atomic mass is 16.1. The van der Waals surface area contributed by atoms with Gasteiger partial charge in [-0.1, -0.05) is 0 Å². The minimum absolute atomic E-state index is 0.107. The number of aromatic amines is 1. The highest BCUT2D eigenvalue weighted by molar-refractivity contribution is 5.99. The number of nitrogens with one attached hydrogen (secondary N) is 1. The van der Waals surface area contributed by atoms with Crippen molar-refractivity contribution in [1.82, 2.24) is 4.98 Å². The van der Waals surface area contributed by atoms with Gasteiger partial charge in [0.1, 0.15) is 0 Å². The number of carbonyl (C=O) groups excluding carboxylic acids is 1. The van der Waals surface area contributed by atoms with Crippen molar-refractivity contribution in [3.8, 4) is 0 Å². The Morgan fingerprint density at radius 2 is 2.21 bits per heavy atom. The maximum absolute atomic E-state index is 11.5. The first-order valence-corrected chi connectivity index (χ1v) is 4.61. The van der Waals surface area contributed by atoms with Crippen molar-refractivity contribution < 1.29 is 4.79 Å². The van der Waals surface area contributed by atoms with Gasteiger partial charge in [-0.05, 0) is 30.8 Å². The topological polar surface area (TPSA) is 58.9 Å². The van der Waals surface area contributed by atoms with Crippen LogP contribution in [0.5, 0.6) is 0 Å². The van der Waals surface area contributed by atoms with Crippen molar-refractivity contribution in [3.63, 3.8) is 0 Å². The molecular formula is C11H12N2O. The van der Waals surface area contributed by atoms with Gasteiger partial charge in [0.25, 0.3) is 0 Å². The molecular weight excluding hydrogens is 176 g/mol. The Kier molecular flexibility index (Phi) is 2.33. The first-order valence-electron chi connectivity index (χ1n) is 4.61. The Morgan fingerprint density at radius 1 is 1.36 bits per heavy atom. The number of benzene rings is 1. The second-order valence-corrected chi connectivity index (χ2v) is 3.24. The van der Waals surface area contributed by atoms with Crippen LogP contribution in [0, 0.1) is 0 Å². The van der Waals surface area contributed by atoms with E-state index >= 15 is 0 Å². The lowest BCUT2D eigenvalue weighted by molar-refractivity contribution is 0.0985. The fourth-order valence-corrected chi connectivity index (χ4v) is 1.50. The third kappa shape index (κ3) is 1.54. The summed E-state index contributed by atoms with van der Waals surface area (Å²) in [4.78, 5) is 14.6. The molecule has 1 heterocycles. The van der Waals surface area contributed by atoms with Crippen LogP contribution in [0.2, 0.25) is 0 Å². The van der Waals surface area contributed by atoms with Crippen LogP contribution in [0.15, 0.2) is 30.5 Å². The number of Topliss-reactive ketones (excluding diaryl/α,β-unsaturated/α-hetero) is 1. The number of rotatable bonds is 3. The molecule has 0 atom stereocenters. The Morgan fingerprint density at radius 3 is 3.00 bits per heavy atom. The van der Waals surface area contributed by atoms with Crippen molar-refractivity contribution in [2.75, 3.05) is 6.54 Å². The number of nitrogens with two attached hydrogens (primary N) is 1. The number of hydrogen-bond donors (Lipinski definition) is 2. The molecule has 0 aliphatic carbocycles. The van der Waals surface area contributed by atoms with Crippen LogP contribution in [-0.4, -0.2) is 17.3 Å². The second-order valence-electron chi connectivity index (χ2n) is 3.24. The Hall–Kier alpha value is -1.61. The van der Waals surface area contributed by atoms with E-state index in [0.717, 1.165) is 16.5 Å². The van der Waals surface area contributed by atoms with E-state index in [1.165, 1.54) is 0 Å². The lowest BCUT2D eigenvalue weighted by atomic mass is 10.1. The quantitative estimate of drug-likeness (QED) is 0.720. The lowest BCUT2D eigenvalue weighted by Gasteiger charge is -1.98. The van der Waals surface area contributed by atoms with Gasteiger partial charge >= 0.3 is 0 Å². The molecule has 2 rings (SSSR count). The van der Waals surface area contributed by atoms with Gasteiger partial charge in [-0.2, -0.15) is 0 Å². The fraction of sp³-hybridized carbons (Fsp3) is 0.182. The highest BCUT2D eigenvalue weighted by Gasteiger charge is 2.05. The number of aromatic nitrogens is 1. The number of hydrogen-bond acceptors (Lipinski definition) is 2. The summed E-state index contributed by atoms with van der Waals surface area (Å²) in [6, 6.07) is 7.59. The van der Waals surface area contributed by atoms with E-state index in [1.807, 2.05) is 30.5 Å². The normalized spacial score (nSPS) is 10.6. The highest BCUT2D eigenvalue weighted by Crippen LogP contribution is 2.15. The van der Waals surface area contributed by atoms with E-state index < -0.39 is 0 Å². The number of carbonyl (C=O) groups is 1. The van der Waals surface area contributed by atoms with E-state index in [0.29, 0.717) is 13.0 Å². The van der Waals surface area contributed by atoms with Gasteiger partial charge in [0.15, 0.2) is 5.78 Å². The molecule has 0 saturated heterocycles. The van der Waals surface area contributed by atoms with Gasteiger partial charge in [0.2, 0.25) is 0 Å². The largest absolute Gasteiger partial charge is 0.361 e. The zero-order chi connectivity index (χ0) is 9.97. The Balaban J connectivity index is 2.38. The van der Waals surface area contributed by atoms with E-state index in [1.54, 1.807) is 0 Å². The Bertz CT molecular complexity index is 459. The van der Waals surface area contributed by atoms with E-state index in [-0.39, 0.29) is 5.78 Å². The number of fused-ring (bicyclic) bond motifs is 1. The van der Waals surface area contributed by atoms with Crippen LogP contribution in [0.25, 0.3) is 10.9 Å². The molecule has 2 aromatic rings. The first kappa shape index (κ1) is 8.97. The smallest absolute Gasteiger partial charge is 0.164 e. The molecule has 0 aliphatic rings. The predicted octanol–water partition coefficient (Wildman–Crippen LogP) is 1.70. The summed E-state index contributed by atoms with van der Waals surface area (Å²) in [7, 11) is 0. The molecule has 0 unspecified atom stereocenters. The predicted molar refractivity (Wildman–Crippen MR) is 56.3 cm³/mol. The molecule has 0 aliphatic heterocycles. The molecule has 0 spiro atoms. The van der Waals surface area contributed by atoms with Crippen LogP contribution < -0.4 is 5.73 Å². The fourth-order valence-electron chi connectivity index (χ4n) is 1.50. The molecule has 3 N–H and O–H groups in total. The monoisotopic (exact) mass is 188 g/mol. The summed E-state index contributed by atoms with van der Waals surface area (Å²) in [6.07, 6.45) is 2.28. The van der Waals surface area contributed by atoms with Gasteiger partial charge in [-0.15, -0.1) is 0 Å². The average molecular weight is 188 g/mol. The molecule has 1 aromatic heterocycles. The Labute approximate surface area is 81.9 Å². The van der Waals surface area contributed by atoms with Gasteiger partial charge in [-0.3, -0.25) is 4.79 Å². The van der Waals surface area contributed by atoms with Gasteiger partial charge in [0.05, 0.1) is 0 Å². The van der Waals surface area contributed by atoms with Gasteiger partial charge in [-0.25, -0.2) is 0 Å². The number of ketones is 1. The molecule has 0 amide bonds. The third-order valence-electron chi connectivity index (χ3n) is 2.25. The van der Waals surface area contributed by atoms with Crippen LogP contribution in [-0.2, 0) is 0 Å². The maximum atomic E-state index is 11.5. The summed E-state index contributed by atoms with van der Waals surface area (Å²) in [5.41, 5.74) is 7.12.